The molecule has 1 amide bonds. The fraction of sp³-hybridized carbons (Fsp3) is 0.517. The fourth-order valence-electron chi connectivity index (χ4n) is 3.87. The van der Waals surface area contributed by atoms with Gasteiger partial charge in [-0.1, -0.05) is 27.2 Å². The molecule has 2 N–H and O–H groups in total. The van der Waals surface area contributed by atoms with Crippen LogP contribution in [0.5, 0.6) is 0 Å². The van der Waals surface area contributed by atoms with Crippen LogP contribution in [0.4, 0.5) is 10.1 Å². The number of carbonyl (C=O) groups excluding carboxylic acids is 2. The Labute approximate surface area is 228 Å². The summed E-state index contributed by atoms with van der Waals surface area (Å²) in [6.45, 7) is 12.3. The molecule has 212 valence electrons. The molecule has 1 aliphatic heterocycles. The summed E-state index contributed by atoms with van der Waals surface area (Å²) in [4.78, 5) is 24.3. The maximum Gasteiger partial charge on any atom is 0.254 e. The van der Waals surface area contributed by atoms with Crippen LogP contribution in [0, 0.1) is 12.7 Å². The first-order valence-electron chi connectivity index (χ1n) is 13.1. The quantitative estimate of drug-likeness (QED) is 0.471. The number of aldehydes is 1. The van der Waals surface area contributed by atoms with Crippen molar-refractivity contribution >= 4 is 27.7 Å². The second kappa shape index (κ2) is 15.6. The SMILES string of the molecule is CCC.CCc1cc(C(=O)NCC=O)c(F)cc1C.CN1CCC(C)(Nc2ccc(S(C)(=O)=O)cc2)CC1. The number of rotatable bonds is 7. The third-order valence-electron chi connectivity index (χ3n) is 6.22. The molecule has 1 heterocycles. The molecule has 2 aromatic rings. The number of benzene rings is 2. The number of piperidine rings is 1. The highest BCUT2D eigenvalue weighted by molar-refractivity contribution is 7.90. The number of carbonyl (C=O) groups is 2. The molecule has 1 aliphatic rings. The van der Waals surface area contributed by atoms with E-state index in [0.29, 0.717) is 11.2 Å². The first-order valence-corrected chi connectivity index (χ1v) is 15.0. The van der Waals surface area contributed by atoms with E-state index in [0.717, 1.165) is 49.2 Å². The topological polar surface area (TPSA) is 95.6 Å². The Balaban J connectivity index is 0.000000349. The van der Waals surface area contributed by atoms with E-state index in [1.54, 1.807) is 19.1 Å². The van der Waals surface area contributed by atoms with E-state index >= 15 is 0 Å². The highest BCUT2D eigenvalue weighted by Gasteiger charge is 2.28. The number of anilines is 1. The van der Waals surface area contributed by atoms with Gasteiger partial charge in [-0.3, -0.25) is 4.79 Å². The number of nitrogens with one attached hydrogen (secondary N) is 2. The van der Waals surface area contributed by atoms with Crippen LogP contribution in [0.1, 0.15) is 68.4 Å². The number of halogens is 1. The Kier molecular flexibility index (Phi) is 13.6. The minimum atomic E-state index is -3.11. The third-order valence-corrected chi connectivity index (χ3v) is 7.34. The zero-order valence-corrected chi connectivity index (χ0v) is 24.7. The molecule has 0 unspecified atom stereocenters. The Morgan fingerprint density at radius 1 is 1.11 bits per heavy atom. The summed E-state index contributed by atoms with van der Waals surface area (Å²) >= 11 is 0. The second-order valence-electron chi connectivity index (χ2n) is 9.98. The molecule has 1 saturated heterocycles. The summed E-state index contributed by atoms with van der Waals surface area (Å²) < 4.78 is 36.3. The van der Waals surface area contributed by atoms with E-state index in [-0.39, 0.29) is 17.6 Å². The van der Waals surface area contributed by atoms with Crippen LogP contribution in [-0.4, -0.2) is 64.0 Å². The predicted molar refractivity (Wildman–Crippen MR) is 153 cm³/mol. The Bertz CT molecular complexity index is 1140. The van der Waals surface area contributed by atoms with Gasteiger partial charge in [-0.15, -0.1) is 0 Å². The molecular formula is C29H44FN3O4S. The normalized spacial score (nSPS) is 14.7. The van der Waals surface area contributed by atoms with E-state index < -0.39 is 21.6 Å². The number of hydrogen-bond acceptors (Lipinski definition) is 6. The van der Waals surface area contributed by atoms with Crippen molar-refractivity contribution in [1.82, 2.24) is 10.2 Å². The second-order valence-corrected chi connectivity index (χ2v) is 12.0. The van der Waals surface area contributed by atoms with Gasteiger partial charge < -0.3 is 20.3 Å². The van der Waals surface area contributed by atoms with Crippen molar-refractivity contribution < 1.29 is 22.4 Å². The zero-order chi connectivity index (χ0) is 28.9. The lowest BCUT2D eigenvalue weighted by atomic mass is 9.89. The first-order chi connectivity index (χ1) is 17.8. The van der Waals surface area contributed by atoms with Crippen LogP contribution in [0.15, 0.2) is 41.3 Å². The van der Waals surface area contributed by atoms with Crippen molar-refractivity contribution in [2.45, 2.75) is 70.7 Å². The van der Waals surface area contributed by atoms with Crippen molar-refractivity contribution in [1.29, 1.82) is 0 Å². The van der Waals surface area contributed by atoms with Crippen LogP contribution in [0.25, 0.3) is 0 Å². The van der Waals surface area contributed by atoms with E-state index in [9.17, 15) is 22.4 Å². The number of aryl methyl sites for hydroxylation is 2. The van der Waals surface area contributed by atoms with E-state index in [1.807, 2.05) is 19.1 Å². The van der Waals surface area contributed by atoms with Gasteiger partial charge in [-0.25, -0.2) is 12.8 Å². The summed E-state index contributed by atoms with van der Waals surface area (Å²) in [5.74, 6) is -1.11. The minimum Gasteiger partial charge on any atom is -0.380 e. The molecule has 2 aromatic carbocycles. The third kappa shape index (κ3) is 10.9. The van der Waals surface area contributed by atoms with Gasteiger partial charge >= 0.3 is 0 Å². The average Bonchev–Trinajstić information content (AvgIpc) is 2.85. The van der Waals surface area contributed by atoms with Crippen LogP contribution in [0.2, 0.25) is 0 Å². The molecule has 0 atom stereocenters. The first kappa shape index (κ1) is 33.2. The van der Waals surface area contributed by atoms with Crippen molar-refractivity contribution in [3.8, 4) is 0 Å². The standard InChI is InChI=1S/C14H22N2O2S.C12H14FNO2.C3H8/c1-14(8-10-16(2)11-9-14)15-12-4-6-13(7-5-12)19(3,17)18;1-3-9-7-10(11(13)6-8(9)2)12(16)14-4-5-15;1-3-2/h4-7,15H,8-11H2,1-3H3;5-7H,3-4H2,1-2H3,(H,14,16);3H2,1-2H3. The van der Waals surface area contributed by atoms with Gasteiger partial charge in [-0.2, -0.15) is 0 Å². The van der Waals surface area contributed by atoms with Crippen LogP contribution < -0.4 is 10.6 Å². The van der Waals surface area contributed by atoms with Crippen LogP contribution >= 0.6 is 0 Å². The Hall–Kier alpha value is -2.78. The summed E-state index contributed by atoms with van der Waals surface area (Å²) in [6.07, 6.45) is 5.97. The fourth-order valence-corrected chi connectivity index (χ4v) is 4.50. The van der Waals surface area contributed by atoms with Gasteiger partial charge in [0.15, 0.2) is 9.84 Å². The molecule has 38 heavy (non-hydrogen) atoms. The summed E-state index contributed by atoms with van der Waals surface area (Å²) in [6, 6.07) is 9.89. The van der Waals surface area contributed by atoms with Crippen molar-refractivity contribution in [3.05, 3.63) is 58.9 Å². The van der Waals surface area contributed by atoms with Crippen molar-refractivity contribution in [2.75, 3.05) is 38.3 Å². The smallest absolute Gasteiger partial charge is 0.254 e. The van der Waals surface area contributed by atoms with Crippen molar-refractivity contribution in [2.24, 2.45) is 0 Å². The molecule has 7 nitrogen and oxygen atoms in total. The number of sulfone groups is 1. The number of likely N-dealkylation sites (tertiary alicyclic amines) is 1. The van der Waals surface area contributed by atoms with Crippen LogP contribution in [0.3, 0.4) is 0 Å². The molecular weight excluding hydrogens is 505 g/mol. The highest BCUT2D eigenvalue weighted by atomic mass is 32.2. The molecule has 0 spiro atoms. The van der Waals surface area contributed by atoms with Gasteiger partial charge in [-0.05, 0) is 87.7 Å². The molecule has 0 bridgehead atoms. The Morgan fingerprint density at radius 2 is 1.66 bits per heavy atom. The zero-order valence-electron chi connectivity index (χ0n) is 23.9. The molecule has 0 radical (unpaired) electrons. The lowest BCUT2D eigenvalue weighted by Gasteiger charge is -2.39. The van der Waals surface area contributed by atoms with E-state index in [4.69, 9.17) is 0 Å². The molecule has 3 rings (SSSR count). The lowest BCUT2D eigenvalue weighted by Crippen LogP contribution is -2.45. The van der Waals surface area contributed by atoms with Crippen LogP contribution in [-0.2, 0) is 21.1 Å². The summed E-state index contributed by atoms with van der Waals surface area (Å²) in [5.41, 5.74) is 2.83. The maximum absolute atomic E-state index is 13.5. The van der Waals surface area contributed by atoms with E-state index in [1.165, 1.54) is 24.8 Å². The van der Waals surface area contributed by atoms with Gasteiger partial charge in [0.05, 0.1) is 17.0 Å². The minimum absolute atomic E-state index is 0.00991. The van der Waals surface area contributed by atoms with Crippen molar-refractivity contribution in [3.63, 3.8) is 0 Å². The number of hydrogen-bond donors (Lipinski definition) is 2. The van der Waals surface area contributed by atoms with Gasteiger partial charge in [0, 0.05) is 30.6 Å². The summed E-state index contributed by atoms with van der Waals surface area (Å²) in [5, 5.41) is 5.85. The monoisotopic (exact) mass is 549 g/mol. The average molecular weight is 550 g/mol. The molecule has 9 heteroatoms. The molecule has 0 aliphatic carbocycles. The summed E-state index contributed by atoms with van der Waals surface area (Å²) in [7, 11) is -0.970. The van der Waals surface area contributed by atoms with Gasteiger partial charge in [0.2, 0.25) is 0 Å². The largest absolute Gasteiger partial charge is 0.380 e. The maximum atomic E-state index is 13.5. The molecule has 0 saturated carbocycles. The predicted octanol–water partition coefficient (Wildman–Crippen LogP) is 5.03. The lowest BCUT2D eigenvalue weighted by molar-refractivity contribution is -0.107. The Morgan fingerprint density at radius 3 is 2.13 bits per heavy atom. The molecule has 0 aromatic heterocycles. The number of amides is 1. The van der Waals surface area contributed by atoms with E-state index in [2.05, 4.69) is 43.4 Å². The van der Waals surface area contributed by atoms with Gasteiger partial charge in [0.1, 0.15) is 12.1 Å². The highest BCUT2D eigenvalue weighted by Crippen LogP contribution is 2.26. The number of nitrogens with zero attached hydrogens (tertiary/aromatic N) is 1. The molecule has 1 fully saturated rings. The van der Waals surface area contributed by atoms with Gasteiger partial charge in [0.25, 0.3) is 5.91 Å².